The number of ether oxygens (including phenoxy) is 1. The summed E-state index contributed by atoms with van der Waals surface area (Å²) >= 11 is 0. The van der Waals surface area contributed by atoms with Crippen LogP contribution in [0.5, 0.6) is 0 Å². The molecule has 0 saturated heterocycles. The van der Waals surface area contributed by atoms with Crippen LogP contribution in [-0.2, 0) is 9.53 Å². The van der Waals surface area contributed by atoms with Crippen LogP contribution in [0.4, 0.5) is 0 Å². The van der Waals surface area contributed by atoms with Crippen molar-refractivity contribution in [2.24, 2.45) is 11.8 Å². The lowest BCUT2D eigenvalue weighted by molar-refractivity contribution is -0.151. The number of nitrogens with one attached hydrogen (secondary N) is 1. The van der Waals surface area contributed by atoms with Crippen molar-refractivity contribution in [3.8, 4) is 0 Å². The summed E-state index contributed by atoms with van der Waals surface area (Å²) in [4.78, 5) is 12.3. The van der Waals surface area contributed by atoms with E-state index < -0.39 is 5.54 Å². The summed E-state index contributed by atoms with van der Waals surface area (Å²) in [5.74, 6) is 1.33. The highest BCUT2D eigenvalue weighted by Gasteiger charge is 2.40. The fraction of sp³-hybridized carbons (Fsp3) is 0.812. The van der Waals surface area contributed by atoms with Crippen molar-refractivity contribution in [3.05, 3.63) is 12.7 Å². The summed E-state index contributed by atoms with van der Waals surface area (Å²) in [7, 11) is 0. The van der Waals surface area contributed by atoms with Crippen molar-refractivity contribution in [1.29, 1.82) is 0 Å². The second kappa shape index (κ2) is 7.68. The van der Waals surface area contributed by atoms with Crippen molar-refractivity contribution >= 4 is 5.97 Å². The van der Waals surface area contributed by atoms with Gasteiger partial charge in [-0.1, -0.05) is 32.8 Å². The average Bonchev–Trinajstić information content (AvgIpc) is 2.60. The highest BCUT2D eigenvalue weighted by Crippen LogP contribution is 2.34. The Bertz CT molecular complexity index is 301. The van der Waals surface area contributed by atoms with Crippen LogP contribution in [0.3, 0.4) is 0 Å². The molecule has 0 amide bonds. The van der Waals surface area contributed by atoms with E-state index in [1.165, 1.54) is 6.42 Å². The molecule has 2 unspecified atom stereocenters. The van der Waals surface area contributed by atoms with Crippen molar-refractivity contribution in [2.45, 2.75) is 58.4 Å². The maximum Gasteiger partial charge on any atom is 0.326 e. The lowest BCUT2D eigenvalue weighted by atomic mass is 9.86. The number of esters is 1. The van der Waals surface area contributed by atoms with Crippen LogP contribution in [-0.4, -0.2) is 24.7 Å². The first-order valence-electron chi connectivity index (χ1n) is 7.59. The summed E-state index contributed by atoms with van der Waals surface area (Å²) in [5, 5.41) is 3.38. The minimum absolute atomic E-state index is 0.0822. The molecule has 0 aliphatic heterocycles. The van der Waals surface area contributed by atoms with E-state index in [1.54, 1.807) is 0 Å². The molecule has 2 atom stereocenters. The van der Waals surface area contributed by atoms with E-state index in [0.717, 1.165) is 31.6 Å². The van der Waals surface area contributed by atoms with Crippen LogP contribution in [0.1, 0.15) is 52.9 Å². The zero-order valence-corrected chi connectivity index (χ0v) is 12.7. The molecule has 0 bridgehead atoms. The Morgan fingerprint density at radius 2 is 2.21 bits per heavy atom. The standard InChI is InChI=1S/C16H29NO2/c1-5-12-17-16(15(18)19-6-2)10-7-8-14(9-11-16)13(3)4/h5,13-14,17H,1,6-12H2,2-4H3. The molecule has 3 heteroatoms. The van der Waals surface area contributed by atoms with Crippen molar-refractivity contribution in [3.63, 3.8) is 0 Å². The van der Waals surface area contributed by atoms with E-state index in [1.807, 2.05) is 13.0 Å². The topological polar surface area (TPSA) is 38.3 Å². The van der Waals surface area contributed by atoms with Gasteiger partial charge in [-0.3, -0.25) is 10.1 Å². The van der Waals surface area contributed by atoms with Gasteiger partial charge in [-0.15, -0.1) is 6.58 Å². The molecule has 0 aromatic rings. The molecule has 110 valence electrons. The van der Waals surface area contributed by atoms with E-state index in [2.05, 4.69) is 25.7 Å². The summed E-state index contributed by atoms with van der Waals surface area (Å²) in [5.41, 5.74) is -0.492. The third-order valence-electron chi connectivity index (χ3n) is 4.31. The van der Waals surface area contributed by atoms with Gasteiger partial charge >= 0.3 is 5.97 Å². The first-order chi connectivity index (χ1) is 9.05. The SMILES string of the molecule is C=CCNC1(C(=O)OCC)CCCC(C(C)C)CC1. The van der Waals surface area contributed by atoms with Gasteiger partial charge in [-0.05, 0) is 38.0 Å². The van der Waals surface area contributed by atoms with E-state index in [9.17, 15) is 4.79 Å². The number of rotatable bonds is 6. The van der Waals surface area contributed by atoms with Crippen molar-refractivity contribution < 1.29 is 9.53 Å². The lowest BCUT2D eigenvalue weighted by Crippen LogP contribution is -2.52. The fourth-order valence-corrected chi connectivity index (χ4v) is 3.02. The second-order valence-corrected chi connectivity index (χ2v) is 5.91. The van der Waals surface area contributed by atoms with Crippen LogP contribution >= 0.6 is 0 Å². The summed E-state index contributed by atoms with van der Waals surface area (Å²) in [6.45, 7) is 11.3. The Morgan fingerprint density at radius 3 is 2.79 bits per heavy atom. The quantitative estimate of drug-likeness (QED) is 0.456. The monoisotopic (exact) mass is 267 g/mol. The summed E-state index contributed by atoms with van der Waals surface area (Å²) < 4.78 is 5.30. The minimum Gasteiger partial charge on any atom is -0.465 e. The van der Waals surface area contributed by atoms with Gasteiger partial charge in [0.25, 0.3) is 0 Å². The molecule has 0 radical (unpaired) electrons. The van der Waals surface area contributed by atoms with Gasteiger partial charge in [0, 0.05) is 6.54 Å². The number of hydrogen-bond acceptors (Lipinski definition) is 3. The molecule has 1 fully saturated rings. The second-order valence-electron chi connectivity index (χ2n) is 5.91. The van der Waals surface area contributed by atoms with Crippen LogP contribution < -0.4 is 5.32 Å². The molecule has 0 heterocycles. The Kier molecular flexibility index (Phi) is 6.56. The zero-order valence-electron chi connectivity index (χ0n) is 12.7. The molecule has 1 aliphatic carbocycles. The fourth-order valence-electron chi connectivity index (χ4n) is 3.02. The predicted molar refractivity (Wildman–Crippen MR) is 79.0 cm³/mol. The average molecular weight is 267 g/mol. The molecule has 3 nitrogen and oxygen atoms in total. The Labute approximate surface area is 117 Å². The Balaban J connectivity index is 2.78. The highest BCUT2D eigenvalue weighted by molar-refractivity contribution is 5.81. The normalized spacial score (nSPS) is 27.9. The largest absolute Gasteiger partial charge is 0.465 e. The maximum atomic E-state index is 12.3. The molecule has 1 rings (SSSR count). The van der Waals surface area contributed by atoms with E-state index >= 15 is 0 Å². The third kappa shape index (κ3) is 4.34. The third-order valence-corrected chi connectivity index (χ3v) is 4.31. The Hall–Kier alpha value is -0.830. The highest BCUT2D eigenvalue weighted by atomic mass is 16.5. The minimum atomic E-state index is -0.492. The summed E-state index contributed by atoms with van der Waals surface area (Å²) in [6.07, 6.45) is 6.97. The van der Waals surface area contributed by atoms with Gasteiger partial charge < -0.3 is 4.74 Å². The zero-order chi connectivity index (χ0) is 14.3. The molecular weight excluding hydrogens is 238 g/mol. The number of hydrogen-bond donors (Lipinski definition) is 1. The first-order valence-corrected chi connectivity index (χ1v) is 7.59. The van der Waals surface area contributed by atoms with Gasteiger partial charge in [0.15, 0.2) is 0 Å². The van der Waals surface area contributed by atoms with Gasteiger partial charge in [-0.2, -0.15) is 0 Å². The van der Waals surface area contributed by atoms with E-state index in [0.29, 0.717) is 19.1 Å². The molecule has 1 N–H and O–H groups in total. The van der Waals surface area contributed by atoms with Crippen molar-refractivity contribution in [2.75, 3.05) is 13.2 Å². The van der Waals surface area contributed by atoms with Crippen LogP contribution in [0.15, 0.2) is 12.7 Å². The molecule has 0 spiro atoms. The molecule has 0 aromatic heterocycles. The molecule has 1 saturated carbocycles. The maximum absolute atomic E-state index is 12.3. The lowest BCUT2D eigenvalue weighted by Gasteiger charge is -2.31. The smallest absolute Gasteiger partial charge is 0.326 e. The van der Waals surface area contributed by atoms with Crippen LogP contribution in [0, 0.1) is 11.8 Å². The Morgan fingerprint density at radius 1 is 1.47 bits per heavy atom. The van der Waals surface area contributed by atoms with E-state index in [-0.39, 0.29) is 5.97 Å². The first kappa shape index (κ1) is 16.2. The summed E-state index contributed by atoms with van der Waals surface area (Å²) in [6, 6.07) is 0. The van der Waals surface area contributed by atoms with Gasteiger partial charge in [0.05, 0.1) is 6.61 Å². The molecule has 1 aliphatic rings. The van der Waals surface area contributed by atoms with Gasteiger partial charge in [0.2, 0.25) is 0 Å². The van der Waals surface area contributed by atoms with Crippen LogP contribution in [0.2, 0.25) is 0 Å². The van der Waals surface area contributed by atoms with E-state index in [4.69, 9.17) is 4.74 Å². The number of carbonyl (C=O) groups excluding carboxylic acids is 1. The van der Waals surface area contributed by atoms with Crippen molar-refractivity contribution in [1.82, 2.24) is 5.32 Å². The van der Waals surface area contributed by atoms with Crippen LogP contribution in [0.25, 0.3) is 0 Å². The molecule has 0 aromatic carbocycles. The number of carbonyl (C=O) groups is 1. The molecular formula is C16H29NO2. The van der Waals surface area contributed by atoms with Gasteiger partial charge in [0.1, 0.15) is 5.54 Å². The van der Waals surface area contributed by atoms with Gasteiger partial charge in [-0.25, -0.2) is 0 Å². The predicted octanol–water partition coefficient (Wildman–Crippen LogP) is 3.30. The molecule has 19 heavy (non-hydrogen) atoms.